The summed E-state index contributed by atoms with van der Waals surface area (Å²) < 4.78 is 28.3. The maximum atomic E-state index is 14.4. The fourth-order valence-electron chi connectivity index (χ4n) is 2.96. The van der Waals surface area contributed by atoms with Gasteiger partial charge in [0.2, 0.25) is 5.91 Å². The second-order valence-corrected chi connectivity index (χ2v) is 6.99. The first-order valence-corrected chi connectivity index (χ1v) is 9.77. The highest BCUT2D eigenvalue weighted by atomic mass is 19.2. The van der Waals surface area contributed by atoms with Crippen molar-refractivity contribution in [3.8, 4) is 11.1 Å². The van der Waals surface area contributed by atoms with E-state index in [0.717, 1.165) is 11.1 Å². The summed E-state index contributed by atoms with van der Waals surface area (Å²) in [5.41, 5.74) is 7.82. The number of carbonyl (C=O) groups excluding carboxylic acids is 2. The number of hydrogen-bond acceptors (Lipinski definition) is 7. The lowest BCUT2D eigenvalue weighted by atomic mass is 10.0. The summed E-state index contributed by atoms with van der Waals surface area (Å²) >= 11 is 0. The van der Waals surface area contributed by atoms with Crippen LogP contribution in [0, 0.1) is 0 Å². The number of nitrogens with one attached hydrogen (secondary N) is 1. The van der Waals surface area contributed by atoms with Gasteiger partial charge in [-0.3, -0.25) is 14.6 Å². The Bertz CT molecular complexity index is 1150. The van der Waals surface area contributed by atoms with Crippen molar-refractivity contribution in [2.75, 3.05) is 11.1 Å². The van der Waals surface area contributed by atoms with Crippen LogP contribution in [0.25, 0.3) is 11.1 Å². The van der Waals surface area contributed by atoms with Gasteiger partial charge in [0.1, 0.15) is 5.82 Å². The molecule has 1 amide bonds. The van der Waals surface area contributed by atoms with E-state index in [1.807, 2.05) is 0 Å². The molecular formula is C22H25F2N7O2. The maximum absolute atomic E-state index is 14.4. The Balaban J connectivity index is 2.50. The van der Waals surface area contributed by atoms with Crippen LogP contribution in [0.15, 0.2) is 59.4 Å². The summed E-state index contributed by atoms with van der Waals surface area (Å²) in [6, 6.07) is 5.06. The molecule has 2 aromatic rings. The molecule has 7 N–H and O–H groups in total. The molecule has 174 valence electrons. The zero-order valence-corrected chi connectivity index (χ0v) is 18.3. The number of allylic oxidation sites excluding steroid dienone is 3. The Morgan fingerprint density at radius 1 is 1.27 bits per heavy atom. The molecule has 1 heterocycles. The molecule has 0 aliphatic carbocycles. The summed E-state index contributed by atoms with van der Waals surface area (Å²) in [6.07, 6.45) is 4.36. The maximum Gasteiger partial charge on any atom is 0.221 e. The van der Waals surface area contributed by atoms with Gasteiger partial charge in [-0.15, -0.1) is 0 Å². The number of nitrogens with zero attached hydrogens (tertiary/aromatic N) is 3. The highest BCUT2D eigenvalue weighted by Crippen LogP contribution is 2.27. The third kappa shape index (κ3) is 5.77. The third-order valence-electron chi connectivity index (χ3n) is 4.67. The number of aldehydes is 1. The van der Waals surface area contributed by atoms with Crippen LogP contribution in [0.3, 0.4) is 0 Å². The molecule has 0 fully saturated rings. The number of anilines is 2. The van der Waals surface area contributed by atoms with Gasteiger partial charge in [0.25, 0.3) is 0 Å². The van der Waals surface area contributed by atoms with E-state index in [9.17, 15) is 18.4 Å². The number of halogens is 2. The number of hydrazine groups is 1. The fraction of sp³-hybridized carbons (Fsp3) is 0.182. The molecule has 1 aromatic heterocycles. The molecule has 0 aliphatic rings. The summed E-state index contributed by atoms with van der Waals surface area (Å²) in [4.78, 5) is 26.9. The molecule has 0 saturated heterocycles. The Hall–Kier alpha value is -4.12. The van der Waals surface area contributed by atoms with Crippen molar-refractivity contribution in [3.63, 3.8) is 0 Å². The van der Waals surface area contributed by atoms with E-state index in [4.69, 9.17) is 17.4 Å². The highest BCUT2D eigenvalue weighted by molar-refractivity contribution is 6.03. The van der Waals surface area contributed by atoms with Crippen molar-refractivity contribution < 1.29 is 18.4 Å². The summed E-state index contributed by atoms with van der Waals surface area (Å²) in [5, 5.41) is 7.01. The van der Waals surface area contributed by atoms with Gasteiger partial charge in [-0.05, 0) is 43.7 Å². The topological polar surface area (TPSA) is 153 Å². The van der Waals surface area contributed by atoms with Crippen LogP contribution in [-0.4, -0.2) is 34.1 Å². The van der Waals surface area contributed by atoms with E-state index in [-0.39, 0.29) is 28.7 Å². The van der Waals surface area contributed by atoms with Crippen molar-refractivity contribution in [1.29, 1.82) is 0 Å². The van der Waals surface area contributed by atoms with Crippen LogP contribution in [0.5, 0.6) is 0 Å². The van der Waals surface area contributed by atoms with E-state index in [0.29, 0.717) is 23.1 Å². The van der Waals surface area contributed by atoms with E-state index in [2.05, 4.69) is 15.4 Å². The number of rotatable bonds is 7. The average Bonchev–Trinajstić information content (AvgIpc) is 2.79. The Morgan fingerprint density at radius 2 is 1.97 bits per heavy atom. The summed E-state index contributed by atoms with van der Waals surface area (Å²) in [7, 11) is 0. The van der Waals surface area contributed by atoms with Gasteiger partial charge in [-0.25, -0.2) is 19.6 Å². The molecule has 0 saturated carbocycles. The molecular weight excluding hydrogens is 432 g/mol. The second-order valence-electron chi connectivity index (χ2n) is 6.99. The third-order valence-corrected chi connectivity index (χ3v) is 4.67. The molecule has 1 atom stereocenters. The van der Waals surface area contributed by atoms with E-state index in [1.54, 1.807) is 31.2 Å². The Morgan fingerprint density at radius 3 is 2.55 bits per heavy atom. The van der Waals surface area contributed by atoms with Crippen LogP contribution in [0.4, 0.5) is 20.3 Å². The lowest BCUT2D eigenvalue weighted by Gasteiger charge is -2.26. The molecule has 2 rings (SSSR count). The van der Waals surface area contributed by atoms with Crippen molar-refractivity contribution in [3.05, 3.63) is 65.4 Å². The molecule has 0 bridgehead atoms. The minimum absolute atomic E-state index is 0.00519. The predicted octanol–water partition coefficient (Wildman–Crippen LogP) is 3.01. The number of nitrogens with two attached hydrogens (primary N) is 3. The average molecular weight is 457 g/mol. The van der Waals surface area contributed by atoms with Crippen molar-refractivity contribution in [1.82, 2.24) is 9.99 Å². The number of nitrogen functional groups attached to an aromatic ring is 1. The lowest BCUT2D eigenvalue weighted by molar-refractivity contribution is -0.114. The largest absolute Gasteiger partial charge is 0.383 e. The molecule has 11 heteroatoms. The van der Waals surface area contributed by atoms with Crippen LogP contribution < -0.4 is 22.7 Å². The Kier molecular flexibility index (Phi) is 8.35. The number of aromatic nitrogens is 1. The summed E-state index contributed by atoms with van der Waals surface area (Å²) in [5.74, 6) is 8.82. The first-order valence-electron chi connectivity index (χ1n) is 9.77. The van der Waals surface area contributed by atoms with Gasteiger partial charge in [-0.2, -0.15) is 5.10 Å². The van der Waals surface area contributed by atoms with Crippen molar-refractivity contribution in [2.45, 2.75) is 26.8 Å². The van der Waals surface area contributed by atoms with E-state index in [1.165, 1.54) is 26.1 Å². The number of amidine groups is 1. The van der Waals surface area contributed by atoms with E-state index < -0.39 is 17.7 Å². The van der Waals surface area contributed by atoms with Crippen LogP contribution >= 0.6 is 0 Å². The number of amides is 1. The standard InChI is InChI=1S/C22H25F2N7O2/c1-4-5-18(23)20(24)12(2)31(27)22(30-26)17-9-15(10-28-21(17)25)14-6-7-19(29-13(3)33)16(8-14)11-32/h4-12H,26-27H2,1-3H3,(H2,25,28)(H,29,33)/b5-4-,20-18-,30-22-. The van der Waals surface area contributed by atoms with Crippen LogP contribution in [0.1, 0.15) is 36.7 Å². The molecule has 33 heavy (non-hydrogen) atoms. The normalized spacial score (nSPS) is 13.5. The van der Waals surface area contributed by atoms with Gasteiger partial charge >= 0.3 is 0 Å². The SMILES string of the molecule is C/C=C\C(F)=C(\F)C(C)N(N)/C(=N\N)c1cc(-c2ccc(NC(C)=O)c(C=O)c2)cnc1N. The number of hydrazone groups is 1. The second kappa shape index (κ2) is 11.0. The number of hydrogen-bond donors (Lipinski definition) is 4. The minimum Gasteiger partial charge on any atom is -0.383 e. The van der Waals surface area contributed by atoms with Gasteiger partial charge in [0, 0.05) is 24.2 Å². The summed E-state index contributed by atoms with van der Waals surface area (Å²) in [6.45, 7) is 4.20. The van der Waals surface area contributed by atoms with Crippen LogP contribution in [-0.2, 0) is 4.79 Å². The molecule has 0 aliphatic heterocycles. The van der Waals surface area contributed by atoms with Crippen molar-refractivity contribution in [2.24, 2.45) is 16.8 Å². The fourth-order valence-corrected chi connectivity index (χ4v) is 2.96. The highest BCUT2D eigenvalue weighted by Gasteiger charge is 2.25. The lowest BCUT2D eigenvalue weighted by Crippen LogP contribution is -2.46. The first-order chi connectivity index (χ1) is 15.6. The number of carbonyl (C=O) groups is 2. The zero-order chi connectivity index (χ0) is 24.7. The van der Waals surface area contributed by atoms with Crippen molar-refractivity contribution >= 4 is 29.5 Å². The molecule has 1 unspecified atom stereocenters. The van der Waals surface area contributed by atoms with E-state index >= 15 is 0 Å². The van der Waals surface area contributed by atoms with Crippen LogP contribution in [0.2, 0.25) is 0 Å². The van der Waals surface area contributed by atoms with Gasteiger partial charge in [0.15, 0.2) is 23.8 Å². The first kappa shape index (κ1) is 25.1. The van der Waals surface area contributed by atoms with Gasteiger partial charge in [0.05, 0.1) is 17.3 Å². The zero-order valence-electron chi connectivity index (χ0n) is 18.3. The quantitative estimate of drug-likeness (QED) is 0.124. The van der Waals surface area contributed by atoms with Gasteiger partial charge < -0.3 is 16.9 Å². The predicted molar refractivity (Wildman–Crippen MR) is 124 cm³/mol. The number of benzene rings is 1. The van der Waals surface area contributed by atoms with Gasteiger partial charge in [-0.1, -0.05) is 12.1 Å². The Labute approximate surface area is 189 Å². The smallest absolute Gasteiger partial charge is 0.221 e. The monoisotopic (exact) mass is 457 g/mol. The molecule has 0 radical (unpaired) electrons. The molecule has 1 aromatic carbocycles. The molecule has 9 nitrogen and oxygen atoms in total. The number of pyridine rings is 1. The minimum atomic E-state index is -1.26. The molecule has 0 spiro atoms.